The molecule has 11 aromatic rings. The van der Waals surface area contributed by atoms with Crippen molar-refractivity contribution in [2.24, 2.45) is 0 Å². The van der Waals surface area contributed by atoms with Crippen LogP contribution in [0.3, 0.4) is 0 Å². The van der Waals surface area contributed by atoms with Gasteiger partial charge >= 0.3 is 0 Å². The third-order valence-electron chi connectivity index (χ3n) is 10.9. The molecule has 0 N–H and O–H groups in total. The lowest BCUT2D eigenvalue weighted by Crippen LogP contribution is -2.10. The maximum absolute atomic E-state index is 6.74. The van der Waals surface area contributed by atoms with Gasteiger partial charge < -0.3 is 13.7 Å². The predicted octanol–water partition coefficient (Wildman–Crippen LogP) is 15.1. The monoisotopic (exact) mass is 703 g/mol. The number of hydrogen-bond donors (Lipinski definition) is 0. The average Bonchev–Trinajstić information content (AvgIpc) is 3.83. The third-order valence-corrected chi connectivity index (χ3v) is 10.9. The van der Waals surface area contributed by atoms with Crippen LogP contribution >= 0.6 is 0 Å². The highest BCUT2D eigenvalue weighted by molar-refractivity contribution is 6.17. The molecule has 0 radical (unpaired) electrons. The van der Waals surface area contributed by atoms with Gasteiger partial charge in [-0.2, -0.15) is 0 Å². The third kappa shape index (κ3) is 5.20. The first-order chi connectivity index (χ1) is 27.3. The molecule has 0 saturated heterocycles. The molecular weight excluding hydrogens is 671 g/mol. The fourth-order valence-electron chi connectivity index (χ4n) is 8.25. The number of para-hydroxylation sites is 1. The summed E-state index contributed by atoms with van der Waals surface area (Å²) in [4.78, 5) is 2.36. The Morgan fingerprint density at radius 1 is 0.327 bits per heavy atom. The zero-order valence-corrected chi connectivity index (χ0v) is 29.8. The quantitative estimate of drug-likeness (QED) is 0.173. The van der Waals surface area contributed by atoms with E-state index in [0.29, 0.717) is 0 Å². The molecule has 0 amide bonds. The first kappa shape index (κ1) is 31.2. The first-order valence-electron chi connectivity index (χ1n) is 18.7. The normalized spacial score (nSPS) is 11.6. The highest BCUT2D eigenvalue weighted by Crippen LogP contribution is 2.47. The van der Waals surface area contributed by atoms with E-state index in [1.54, 1.807) is 0 Å². The van der Waals surface area contributed by atoms with E-state index in [1.807, 2.05) is 12.1 Å². The summed E-state index contributed by atoms with van der Waals surface area (Å²) in [5, 5.41) is 6.77. The Balaban J connectivity index is 1.13. The van der Waals surface area contributed by atoms with Gasteiger partial charge in [0.25, 0.3) is 0 Å². The standard InChI is InChI=1S/C52H33NO2/c1-3-12-34(13-4-1)38-24-28-44-46-33-40(27-31-49(46)54-50(44)32-38)53(39-25-22-37(23-26-39)42-20-11-17-35-16-7-8-18-41(35)42)47-30-29-43(36-14-5-2-6-15-36)52-51(47)45-19-9-10-21-48(45)55-52/h1-33H. The molecule has 0 spiro atoms. The second-order valence-electron chi connectivity index (χ2n) is 14.1. The second-order valence-corrected chi connectivity index (χ2v) is 14.1. The minimum atomic E-state index is 0.855. The van der Waals surface area contributed by atoms with Crippen molar-refractivity contribution in [3.8, 4) is 33.4 Å². The lowest BCUT2D eigenvalue weighted by Gasteiger charge is -2.27. The molecule has 11 rings (SSSR count). The predicted molar refractivity (Wildman–Crippen MR) is 229 cm³/mol. The van der Waals surface area contributed by atoms with Crippen LogP contribution in [-0.4, -0.2) is 0 Å². The van der Waals surface area contributed by atoms with Crippen molar-refractivity contribution in [3.05, 3.63) is 200 Å². The fraction of sp³-hybridized carbons (Fsp3) is 0. The van der Waals surface area contributed by atoms with E-state index in [0.717, 1.165) is 77.6 Å². The van der Waals surface area contributed by atoms with Gasteiger partial charge in [-0.05, 0) is 99.3 Å². The zero-order chi connectivity index (χ0) is 36.3. The Morgan fingerprint density at radius 2 is 0.982 bits per heavy atom. The smallest absolute Gasteiger partial charge is 0.145 e. The Morgan fingerprint density at radius 3 is 1.82 bits per heavy atom. The van der Waals surface area contributed by atoms with Crippen molar-refractivity contribution in [1.82, 2.24) is 0 Å². The highest BCUT2D eigenvalue weighted by Gasteiger charge is 2.23. The molecule has 0 atom stereocenters. The molecule has 0 unspecified atom stereocenters. The van der Waals surface area contributed by atoms with Crippen LogP contribution in [0.4, 0.5) is 17.1 Å². The Labute approximate surface area is 317 Å². The number of fused-ring (bicyclic) bond motifs is 7. The van der Waals surface area contributed by atoms with Crippen LogP contribution in [0, 0.1) is 0 Å². The van der Waals surface area contributed by atoms with Crippen LogP contribution in [0.2, 0.25) is 0 Å². The van der Waals surface area contributed by atoms with E-state index in [2.05, 4.69) is 193 Å². The number of furan rings is 2. The van der Waals surface area contributed by atoms with Crippen LogP contribution in [-0.2, 0) is 0 Å². The topological polar surface area (TPSA) is 29.5 Å². The Kier molecular flexibility index (Phi) is 7.17. The summed E-state index contributed by atoms with van der Waals surface area (Å²) < 4.78 is 13.2. The van der Waals surface area contributed by atoms with E-state index in [9.17, 15) is 0 Å². The molecular formula is C52H33NO2. The van der Waals surface area contributed by atoms with Crippen LogP contribution < -0.4 is 4.90 Å². The summed E-state index contributed by atoms with van der Waals surface area (Å²) in [6, 6.07) is 70.9. The minimum Gasteiger partial charge on any atom is -0.456 e. The van der Waals surface area contributed by atoms with Crippen molar-refractivity contribution in [2.75, 3.05) is 4.90 Å². The number of anilines is 3. The van der Waals surface area contributed by atoms with Gasteiger partial charge in [0.1, 0.15) is 22.3 Å². The molecule has 0 bridgehead atoms. The average molecular weight is 704 g/mol. The molecule has 55 heavy (non-hydrogen) atoms. The molecule has 3 nitrogen and oxygen atoms in total. The maximum atomic E-state index is 6.74. The molecule has 0 saturated carbocycles. The van der Waals surface area contributed by atoms with Crippen molar-refractivity contribution >= 4 is 71.7 Å². The van der Waals surface area contributed by atoms with Gasteiger partial charge in [-0.25, -0.2) is 0 Å². The number of benzene rings is 9. The fourth-order valence-corrected chi connectivity index (χ4v) is 8.25. The van der Waals surface area contributed by atoms with Gasteiger partial charge in [0.15, 0.2) is 0 Å². The summed E-state index contributed by atoms with van der Waals surface area (Å²) in [7, 11) is 0. The Bertz CT molecular complexity index is 3190. The van der Waals surface area contributed by atoms with Gasteiger partial charge in [-0.3, -0.25) is 0 Å². The van der Waals surface area contributed by atoms with Crippen molar-refractivity contribution < 1.29 is 8.83 Å². The SMILES string of the molecule is c1ccc(-c2ccc3c(c2)oc2ccc(N(c4ccc(-c5cccc6ccccc56)cc4)c4ccc(-c5ccccc5)c5oc6ccccc6c45)cc23)cc1. The van der Waals surface area contributed by atoms with E-state index < -0.39 is 0 Å². The lowest BCUT2D eigenvalue weighted by atomic mass is 9.97. The van der Waals surface area contributed by atoms with Crippen molar-refractivity contribution in [2.45, 2.75) is 0 Å². The lowest BCUT2D eigenvalue weighted by molar-refractivity contribution is 0.669. The van der Waals surface area contributed by atoms with Crippen LogP contribution in [0.25, 0.3) is 88.0 Å². The summed E-state index contributed by atoms with van der Waals surface area (Å²) in [6.07, 6.45) is 0. The number of rotatable bonds is 6. The maximum Gasteiger partial charge on any atom is 0.145 e. The highest BCUT2D eigenvalue weighted by atomic mass is 16.3. The van der Waals surface area contributed by atoms with Gasteiger partial charge in [-0.1, -0.05) is 140 Å². The minimum absolute atomic E-state index is 0.855. The zero-order valence-electron chi connectivity index (χ0n) is 29.8. The summed E-state index contributed by atoms with van der Waals surface area (Å²) >= 11 is 0. The van der Waals surface area contributed by atoms with Gasteiger partial charge in [0.2, 0.25) is 0 Å². The van der Waals surface area contributed by atoms with E-state index in [-0.39, 0.29) is 0 Å². The summed E-state index contributed by atoms with van der Waals surface area (Å²) in [5.74, 6) is 0. The van der Waals surface area contributed by atoms with Crippen LogP contribution in [0.5, 0.6) is 0 Å². The Hall–Kier alpha value is -7.36. The second kappa shape index (κ2) is 12.6. The first-order valence-corrected chi connectivity index (χ1v) is 18.7. The molecule has 2 heterocycles. The van der Waals surface area contributed by atoms with E-state index >= 15 is 0 Å². The van der Waals surface area contributed by atoms with Crippen LogP contribution in [0.15, 0.2) is 209 Å². The number of hydrogen-bond acceptors (Lipinski definition) is 3. The summed E-state index contributed by atoms with van der Waals surface area (Å²) in [6.45, 7) is 0. The largest absolute Gasteiger partial charge is 0.456 e. The molecule has 9 aromatic carbocycles. The molecule has 0 aliphatic heterocycles. The molecule has 0 aliphatic rings. The molecule has 0 aliphatic carbocycles. The van der Waals surface area contributed by atoms with Gasteiger partial charge in [0.05, 0.1) is 11.1 Å². The molecule has 258 valence electrons. The molecule has 3 heteroatoms. The van der Waals surface area contributed by atoms with E-state index in [4.69, 9.17) is 8.83 Å². The van der Waals surface area contributed by atoms with Crippen molar-refractivity contribution in [3.63, 3.8) is 0 Å². The van der Waals surface area contributed by atoms with Gasteiger partial charge in [0, 0.05) is 33.1 Å². The molecule has 2 aromatic heterocycles. The number of nitrogens with zero attached hydrogens (tertiary/aromatic N) is 1. The van der Waals surface area contributed by atoms with Gasteiger partial charge in [-0.15, -0.1) is 0 Å². The van der Waals surface area contributed by atoms with E-state index in [1.165, 1.54) is 27.5 Å². The van der Waals surface area contributed by atoms with Crippen LogP contribution in [0.1, 0.15) is 0 Å². The molecule has 0 fully saturated rings. The van der Waals surface area contributed by atoms with Crippen molar-refractivity contribution in [1.29, 1.82) is 0 Å². The summed E-state index contributed by atoms with van der Waals surface area (Å²) in [5.41, 5.74) is 13.4.